The fraction of sp³-hybridized carbons (Fsp3) is 0.350. The highest BCUT2D eigenvalue weighted by molar-refractivity contribution is 5.95. The molecule has 1 aliphatic rings. The molecular formula is C20H24Cl2F2N6O2. The van der Waals surface area contributed by atoms with E-state index in [2.05, 4.69) is 20.6 Å². The quantitative estimate of drug-likeness (QED) is 0.574. The molecule has 174 valence electrons. The Morgan fingerprint density at radius 2 is 2.06 bits per heavy atom. The number of hydrogen-bond acceptors (Lipinski definition) is 6. The number of fused-ring (bicyclic) bond motifs is 1. The van der Waals surface area contributed by atoms with Gasteiger partial charge in [-0.1, -0.05) is 0 Å². The van der Waals surface area contributed by atoms with Crippen LogP contribution in [0.4, 0.5) is 20.3 Å². The maximum Gasteiger partial charge on any atom is 0.253 e. The average molecular weight is 489 g/mol. The van der Waals surface area contributed by atoms with Gasteiger partial charge in [0.15, 0.2) is 5.82 Å². The molecule has 0 aliphatic carbocycles. The van der Waals surface area contributed by atoms with Gasteiger partial charge in [0.1, 0.15) is 23.6 Å². The summed E-state index contributed by atoms with van der Waals surface area (Å²) < 4.78 is 36.7. The molecule has 1 aromatic carbocycles. The highest BCUT2D eigenvalue weighted by Gasteiger charge is 2.20. The van der Waals surface area contributed by atoms with Crippen molar-refractivity contribution in [2.24, 2.45) is 0 Å². The Labute approximate surface area is 196 Å². The van der Waals surface area contributed by atoms with Gasteiger partial charge in [-0.2, -0.15) is 0 Å². The van der Waals surface area contributed by atoms with Gasteiger partial charge < -0.3 is 24.8 Å². The van der Waals surface area contributed by atoms with Crippen LogP contribution in [0.3, 0.4) is 0 Å². The van der Waals surface area contributed by atoms with Crippen molar-refractivity contribution >= 4 is 53.3 Å². The zero-order valence-corrected chi connectivity index (χ0v) is 19.1. The van der Waals surface area contributed by atoms with Gasteiger partial charge in [-0.05, 0) is 18.2 Å². The van der Waals surface area contributed by atoms with E-state index >= 15 is 0 Å². The molecule has 0 bridgehead atoms. The SMILES string of the molecule is CN(C)C(=O)c1ccc(Nc2ncnc3c2c(F)cn3CC2CNCCO2)c(F)c1.Cl.Cl. The van der Waals surface area contributed by atoms with Crippen LogP contribution in [-0.4, -0.2) is 65.2 Å². The molecule has 1 atom stereocenters. The van der Waals surface area contributed by atoms with Gasteiger partial charge in [0.05, 0.1) is 30.3 Å². The zero-order chi connectivity index (χ0) is 21.3. The van der Waals surface area contributed by atoms with Gasteiger partial charge in [-0.3, -0.25) is 4.79 Å². The number of carbonyl (C=O) groups is 1. The summed E-state index contributed by atoms with van der Waals surface area (Å²) in [5.41, 5.74) is 0.686. The molecule has 1 fully saturated rings. The van der Waals surface area contributed by atoms with Gasteiger partial charge in [-0.25, -0.2) is 18.7 Å². The first-order valence-corrected chi connectivity index (χ1v) is 9.54. The number of aromatic nitrogens is 3. The van der Waals surface area contributed by atoms with Crippen molar-refractivity contribution in [1.82, 2.24) is 24.8 Å². The molecule has 3 heterocycles. The van der Waals surface area contributed by atoms with E-state index in [9.17, 15) is 13.6 Å². The van der Waals surface area contributed by atoms with Gasteiger partial charge in [0.25, 0.3) is 5.91 Å². The zero-order valence-electron chi connectivity index (χ0n) is 17.5. The normalized spacial score (nSPS) is 15.6. The Bertz CT molecular complexity index is 1090. The molecule has 0 spiro atoms. The summed E-state index contributed by atoms with van der Waals surface area (Å²) in [6.45, 7) is 2.48. The van der Waals surface area contributed by atoms with Crippen LogP contribution in [0.15, 0.2) is 30.7 Å². The summed E-state index contributed by atoms with van der Waals surface area (Å²) in [4.78, 5) is 21.7. The molecule has 1 amide bonds. The number of nitrogens with zero attached hydrogens (tertiary/aromatic N) is 4. The monoisotopic (exact) mass is 488 g/mol. The van der Waals surface area contributed by atoms with Crippen LogP contribution in [0.5, 0.6) is 0 Å². The third-order valence-electron chi connectivity index (χ3n) is 4.89. The lowest BCUT2D eigenvalue weighted by Crippen LogP contribution is -2.40. The Morgan fingerprint density at radius 3 is 2.72 bits per heavy atom. The second kappa shape index (κ2) is 10.9. The van der Waals surface area contributed by atoms with Crippen molar-refractivity contribution < 1.29 is 18.3 Å². The number of rotatable bonds is 5. The number of ether oxygens (including phenoxy) is 1. The molecule has 0 saturated carbocycles. The maximum absolute atomic E-state index is 14.7. The number of anilines is 2. The van der Waals surface area contributed by atoms with E-state index in [-0.39, 0.29) is 59.3 Å². The fourth-order valence-corrected chi connectivity index (χ4v) is 3.40. The van der Waals surface area contributed by atoms with E-state index in [1.165, 1.54) is 29.6 Å². The van der Waals surface area contributed by atoms with Crippen molar-refractivity contribution in [2.45, 2.75) is 12.6 Å². The van der Waals surface area contributed by atoms with Crippen LogP contribution in [0, 0.1) is 11.6 Å². The Balaban J connectivity index is 0.00000181. The van der Waals surface area contributed by atoms with Crippen LogP contribution in [0.1, 0.15) is 10.4 Å². The van der Waals surface area contributed by atoms with Crippen LogP contribution in [0.2, 0.25) is 0 Å². The number of hydrogen-bond donors (Lipinski definition) is 2. The van der Waals surface area contributed by atoms with Crippen LogP contribution < -0.4 is 10.6 Å². The highest BCUT2D eigenvalue weighted by Crippen LogP contribution is 2.28. The lowest BCUT2D eigenvalue weighted by Gasteiger charge is -2.24. The third-order valence-corrected chi connectivity index (χ3v) is 4.89. The predicted octanol–water partition coefficient (Wildman–Crippen LogP) is 2.99. The first-order chi connectivity index (χ1) is 14.4. The summed E-state index contributed by atoms with van der Waals surface area (Å²) in [6, 6.07) is 4.07. The molecule has 1 aliphatic heterocycles. The molecule has 12 heteroatoms. The molecule has 3 aromatic rings. The number of benzene rings is 1. The smallest absolute Gasteiger partial charge is 0.253 e. The minimum atomic E-state index is -0.643. The topological polar surface area (TPSA) is 84.3 Å². The van der Waals surface area contributed by atoms with Crippen LogP contribution in [0.25, 0.3) is 11.0 Å². The fourth-order valence-electron chi connectivity index (χ4n) is 3.40. The highest BCUT2D eigenvalue weighted by atomic mass is 35.5. The molecule has 2 aromatic heterocycles. The number of amides is 1. The molecule has 1 saturated heterocycles. The van der Waals surface area contributed by atoms with Gasteiger partial charge in [0, 0.05) is 38.9 Å². The van der Waals surface area contributed by atoms with E-state index in [1.807, 2.05) is 0 Å². The summed E-state index contributed by atoms with van der Waals surface area (Å²) in [7, 11) is 3.18. The van der Waals surface area contributed by atoms with Crippen LogP contribution >= 0.6 is 24.8 Å². The van der Waals surface area contributed by atoms with Gasteiger partial charge in [0.2, 0.25) is 0 Å². The Hall–Kier alpha value is -2.53. The van der Waals surface area contributed by atoms with Gasteiger partial charge >= 0.3 is 0 Å². The van der Waals surface area contributed by atoms with Crippen LogP contribution in [-0.2, 0) is 11.3 Å². The molecule has 8 nitrogen and oxygen atoms in total. The average Bonchev–Trinajstić information content (AvgIpc) is 3.06. The minimum Gasteiger partial charge on any atom is -0.374 e. The number of morpholine rings is 1. The molecule has 1 unspecified atom stereocenters. The second-order valence-corrected chi connectivity index (χ2v) is 7.27. The summed E-state index contributed by atoms with van der Waals surface area (Å²) >= 11 is 0. The largest absolute Gasteiger partial charge is 0.374 e. The van der Waals surface area contributed by atoms with Gasteiger partial charge in [-0.15, -0.1) is 24.8 Å². The lowest BCUT2D eigenvalue weighted by molar-refractivity contribution is 0.0188. The van der Waals surface area contributed by atoms with E-state index in [1.54, 1.807) is 18.7 Å². The first-order valence-electron chi connectivity index (χ1n) is 9.54. The van der Waals surface area contributed by atoms with Crippen molar-refractivity contribution in [3.63, 3.8) is 0 Å². The Kier molecular flexibility index (Phi) is 8.73. The standard InChI is InChI=1S/C20H22F2N6O2.2ClH/c1-27(2)20(29)12-3-4-16(14(21)7-12)26-18-17-15(22)10-28(19(17)25-11-24-18)9-13-8-23-5-6-30-13;;/h3-4,7,10-11,13,23H,5-6,8-9H2,1-2H3,(H,24,25,26);2*1H. The molecule has 0 radical (unpaired) electrons. The Morgan fingerprint density at radius 1 is 1.28 bits per heavy atom. The van der Waals surface area contributed by atoms with Crippen molar-refractivity contribution in [2.75, 3.05) is 39.1 Å². The molecular weight excluding hydrogens is 465 g/mol. The number of carbonyl (C=O) groups excluding carboxylic acids is 1. The third kappa shape index (κ3) is 5.26. The summed E-state index contributed by atoms with van der Waals surface area (Å²) in [5.74, 6) is -1.33. The maximum atomic E-state index is 14.7. The van der Waals surface area contributed by atoms with E-state index in [0.717, 1.165) is 12.6 Å². The van der Waals surface area contributed by atoms with E-state index < -0.39 is 11.6 Å². The minimum absolute atomic E-state index is 0. The molecule has 32 heavy (non-hydrogen) atoms. The predicted molar refractivity (Wildman–Crippen MR) is 122 cm³/mol. The van der Waals surface area contributed by atoms with E-state index in [0.29, 0.717) is 25.3 Å². The first kappa shape index (κ1) is 25.7. The van der Waals surface area contributed by atoms with Crippen molar-refractivity contribution in [3.05, 3.63) is 47.9 Å². The number of halogens is 4. The molecule has 4 rings (SSSR count). The van der Waals surface area contributed by atoms with E-state index in [4.69, 9.17) is 4.74 Å². The van der Waals surface area contributed by atoms with Crippen molar-refractivity contribution in [3.8, 4) is 0 Å². The second-order valence-electron chi connectivity index (χ2n) is 7.27. The molecule has 2 N–H and O–H groups in total. The van der Waals surface area contributed by atoms with Crippen molar-refractivity contribution in [1.29, 1.82) is 0 Å². The summed E-state index contributed by atoms with van der Waals surface area (Å²) in [6.07, 6.45) is 2.54. The lowest BCUT2D eigenvalue weighted by atomic mass is 10.1. The summed E-state index contributed by atoms with van der Waals surface area (Å²) in [5, 5.41) is 6.22. The number of nitrogens with one attached hydrogen (secondary N) is 2.